The van der Waals surface area contributed by atoms with Crippen molar-refractivity contribution in [3.63, 3.8) is 0 Å². The van der Waals surface area contributed by atoms with Crippen molar-refractivity contribution in [3.8, 4) is 33.8 Å². The van der Waals surface area contributed by atoms with Crippen molar-refractivity contribution in [2.75, 3.05) is 9.80 Å². The molecule has 8 aromatic rings. The standard InChI is InChI=1S/C58H52N2O/c1-37-17-25-41(26-18-37)59(42-27-19-38(2)20-28-42)51-35-33-47-45-13-9-11-15-49(45)57(5,6)53(47)55(51)61-56-52(36-34-48-46-14-10-12-16-50(46)58(7,8)54(48)56)60(43-29-21-39(3)22-30-43)44-31-23-40(4)24-32-44/h9-36H,1-8H3. The Morgan fingerprint density at radius 1 is 0.328 bits per heavy atom. The van der Waals surface area contributed by atoms with E-state index in [0.717, 1.165) is 45.6 Å². The van der Waals surface area contributed by atoms with Crippen molar-refractivity contribution >= 4 is 34.1 Å². The smallest absolute Gasteiger partial charge is 0.156 e. The van der Waals surface area contributed by atoms with Gasteiger partial charge in [-0.05, 0) is 122 Å². The van der Waals surface area contributed by atoms with E-state index in [1.807, 2.05) is 0 Å². The van der Waals surface area contributed by atoms with E-state index >= 15 is 0 Å². The minimum atomic E-state index is -0.367. The van der Waals surface area contributed by atoms with Crippen molar-refractivity contribution < 1.29 is 4.74 Å². The van der Waals surface area contributed by atoms with Gasteiger partial charge in [-0.3, -0.25) is 0 Å². The topological polar surface area (TPSA) is 15.7 Å². The summed E-state index contributed by atoms with van der Waals surface area (Å²) in [4.78, 5) is 4.77. The van der Waals surface area contributed by atoms with Crippen molar-refractivity contribution in [3.05, 3.63) is 214 Å². The van der Waals surface area contributed by atoms with Crippen LogP contribution in [-0.2, 0) is 10.8 Å². The van der Waals surface area contributed by atoms with Crippen LogP contribution in [0.4, 0.5) is 34.1 Å². The average Bonchev–Trinajstić information content (AvgIpc) is 3.64. The molecule has 0 aromatic heterocycles. The van der Waals surface area contributed by atoms with E-state index in [-0.39, 0.29) is 10.8 Å². The molecule has 0 spiro atoms. The molecule has 0 fully saturated rings. The summed E-state index contributed by atoms with van der Waals surface area (Å²) in [6.07, 6.45) is 0. The quantitative estimate of drug-likeness (QED) is 0.152. The second kappa shape index (κ2) is 14.4. The van der Waals surface area contributed by atoms with Gasteiger partial charge in [-0.25, -0.2) is 0 Å². The molecule has 0 heterocycles. The molecule has 2 aliphatic rings. The maximum absolute atomic E-state index is 8.12. The second-order valence-corrected chi connectivity index (χ2v) is 18.1. The first-order valence-electron chi connectivity index (χ1n) is 21.5. The monoisotopic (exact) mass is 792 g/mol. The molecule has 0 saturated heterocycles. The molecule has 0 aliphatic heterocycles. The lowest BCUT2D eigenvalue weighted by Crippen LogP contribution is -2.21. The summed E-state index contributed by atoms with van der Waals surface area (Å²) < 4.78 is 8.12. The van der Waals surface area contributed by atoms with Crippen molar-refractivity contribution in [1.29, 1.82) is 0 Å². The zero-order valence-corrected chi connectivity index (χ0v) is 36.5. The van der Waals surface area contributed by atoms with E-state index in [1.165, 1.54) is 66.8 Å². The molecular formula is C58H52N2O. The fourth-order valence-corrected chi connectivity index (χ4v) is 9.92. The minimum absolute atomic E-state index is 0.367. The first kappa shape index (κ1) is 38.4. The second-order valence-electron chi connectivity index (χ2n) is 18.1. The predicted molar refractivity (Wildman–Crippen MR) is 256 cm³/mol. The normalized spacial score (nSPS) is 13.8. The maximum atomic E-state index is 8.12. The largest absolute Gasteiger partial charge is 0.452 e. The Morgan fingerprint density at radius 3 is 0.934 bits per heavy atom. The Hall–Kier alpha value is -6.84. The lowest BCUT2D eigenvalue weighted by molar-refractivity contribution is 0.452. The summed E-state index contributed by atoms with van der Waals surface area (Å²) in [7, 11) is 0. The van der Waals surface area contributed by atoms with E-state index in [4.69, 9.17) is 4.74 Å². The van der Waals surface area contributed by atoms with Gasteiger partial charge in [0.15, 0.2) is 11.5 Å². The lowest BCUT2D eigenvalue weighted by atomic mass is 9.81. The summed E-state index contributed by atoms with van der Waals surface area (Å²) in [5.74, 6) is 1.71. The van der Waals surface area contributed by atoms with Crippen molar-refractivity contribution in [1.82, 2.24) is 0 Å². The maximum Gasteiger partial charge on any atom is 0.156 e. The van der Waals surface area contributed by atoms with Crippen molar-refractivity contribution in [2.24, 2.45) is 0 Å². The van der Waals surface area contributed by atoms with Gasteiger partial charge >= 0.3 is 0 Å². The molecule has 0 saturated carbocycles. The van der Waals surface area contributed by atoms with Gasteiger partial charge in [-0.15, -0.1) is 0 Å². The van der Waals surface area contributed by atoms with E-state index in [9.17, 15) is 0 Å². The molecule has 3 heteroatoms. The summed E-state index contributed by atoms with van der Waals surface area (Å²) in [6, 6.07) is 62.4. The van der Waals surface area contributed by atoms with Crippen LogP contribution in [0.25, 0.3) is 22.3 Å². The van der Waals surface area contributed by atoms with Gasteiger partial charge < -0.3 is 14.5 Å². The number of benzene rings is 8. The highest BCUT2D eigenvalue weighted by molar-refractivity contribution is 5.94. The van der Waals surface area contributed by atoms with Crippen LogP contribution in [0.3, 0.4) is 0 Å². The van der Waals surface area contributed by atoms with Gasteiger partial charge in [-0.1, -0.05) is 159 Å². The van der Waals surface area contributed by atoms with Gasteiger partial charge in [-0.2, -0.15) is 0 Å². The van der Waals surface area contributed by atoms with E-state index < -0.39 is 0 Å². The van der Waals surface area contributed by atoms with Gasteiger partial charge in [0.25, 0.3) is 0 Å². The molecule has 0 amide bonds. The third kappa shape index (κ3) is 6.25. The number of rotatable bonds is 8. The SMILES string of the molecule is Cc1ccc(N(c2ccc(C)cc2)c2ccc3c(c2Oc2c(N(c4ccc(C)cc4)c4ccc(C)cc4)ccc4c2C(C)(C)c2ccccc2-4)C(C)(C)c2ccccc2-3)cc1. The van der Waals surface area contributed by atoms with Crippen LogP contribution >= 0.6 is 0 Å². The number of fused-ring (bicyclic) bond motifs is 6. The van der Waals surface area contributed by atoms with Crippen LogP contribution in [-0.4, -0.2) is 0 Å². The molecule has 0 N–H and O–H groups in total. The fraction of sp³-hybridized carbons (Fsp3) is 0.172. The highest BCUT2D eigenvalue weighted by Crippen LogP contribution is 2.61. The third-order valence-electron chi connectivity index (χ3n) is 13.2. The fourth-order valence-electron chi connectivity index (χ4n) is 9.92. The van der Waals surface area contributed by atoms with E-state index in [2.05, 4.69) is 235 Å². The lowest BCUT2D eigenvalue weighted by Gasteiger charge is -2.35. The van der Waals surface area contributed by atoms with Gasteiger partial charge in [0.1, 0.15) is 0 Å². The van der Waals surface area contributed by atoms with Crippen LogP contribution < -0.4 is 14.5 Å². The molecule has 10 rings (SSSR count). The van der Waals surface area contributed by atoms with E-state index in [1.54, 1.807) is 0 Å². The van der Waals surface area contributed by atoms with Gasteiger partial charge in [0.2, 0.25) is 0 Å². The summed E-state index contributed by atoms with van der Waals surface area (Å²) in [5, 5.41) is 0. The van der Waals surface area contributed by atoms with Gasteiger partial charge in [0, 0.05) is 44.7 Å². The third-order valence-corrected chi connectivity index (χ3v) is 13.2. The Kier molecular flexibility index (Phi) is 9.07. The number of hydrogen-bond donors (Lipinski definition) is 0. The van der Waals surface area contributed by atoms with Crippen molar-refractivity contribution in [2.45, 2.75) is 66.2 Å². The Labute approximate surface area is 361 Å². The molecule has 300 valence electrons. The first-order valence-corrected chi connectivity index (χ1v) is 21.5. The Morgan fingerprint density at radius 2 is 0.623 bits per heavy atom. The van der Waals surface area contributed by atoms with Crippen LogP contribution in [0.15, 0.2) is 170 Å². The Bertz CT molecular complexity index is 2660. The summed E-state index contributed by atoms with van der Waals surface area (Å²) in [5.41, 5.74) is 20.3. The summed E-state index contributed by atoms with van der Waals surface area (Å²) >= 11 is 0. The number of anilines is 6. The van der Waals surface area contributed by atoms with Crippen LogP contribution in [0.5, 0.6) is 11.5 Å². The minimum Gasteiger partial charge on any atom is -0.452 e. The zero-order valence-electron chi connectivity index (χ0n) is 36.5. The highest BCUT2D eigenvalue weighted by atomic mass is 16.5. The molecule has 0 radical (unpaired) electrons. The number of nitrogens with zero attached hydrogens (tertiary/aromatic N) is 2. The number of aryl methyl sites for hydroxylation is 4. The number of hydrogen-bond acceptors (Lipinski definition) is 3. The molecule has 8 aromatic carbocycles. The molecule has 2 aliphatic carbocycles. The van der Waals surface area contributed by atoms with Crippen LogP contribution in [0.2, 0.25) is 0 Å². The molecular weight excluding hydrogens is 741 g/mol. The Balaban J connectivity index is 1.31. The molecule has 0 atom stereocenters. The predicted octanol–water partition coefficient (Wildman–Crippen LogP) is 16.3. The average molecular weight is 793 g/mol. The number of ether oxygens (including phenoxy) is 1. The zero-order chi connectivity index (χ0) is 42.2. The van der Waals surface area contributed by atoms with Crippen LogP contribution in [0, 0.1) is 27.7 Å². The molecule has 61 heavy (non-hydrogen) atoms. The highest BCUT2D eigenvalue weighted by Gasteiger charge is 2.43. The van der Waals surface area contributed by atoms with Crippen LogP contribution in [0.1, 0.15) is 72.2 Å². The molecule has 3 nitrogen and oxygen atoms in total. The molecule has 0 bridgehead atoms. The van der Waals surface area contributed by atoms with Gasteiger partial charge in [0.05, 0.1) is 11.4 Å². The molecule has 0 unspecified atom stereocenters. The van der Waals surface area contributed by atoms with E-state index in [0.29, 0.717) is 0 Å². The first-order chi connectivity index (χ1) is 29.4. The summed E-state index contributed by atoms with van der Waals surface area (Å²) in [6.45, 7) is 18.0.